The van der Waals surface area contributed by atoms with E-state index in [1.807, 2.05) is 6.08 Å². The molecule has 8 nitrogen and oxygen atoms in total. The summed E-state index contributed by atoms with van der Waals surface area (Å²) in [5.74, 6) is -1.53. The van der Waals surface area contributed by atoms with Gasteiger partial charge in [0.2, 0.25) is 0 Å². The Morgan fingerprint density at radius 3 is 1.87 bits per heavy atom. The lowest BCUT2D eigenvalue weighted by atomic mass is 10.1. The number of carbonyl (C=O) groups excluding carboxylic acids is 1. The van der Waals surface area contributed by atoms with Crippen LogP contribution in [0, 0.1) is 0 Å². The van der Waals surface area contributed by atoms with Crippen LogP contribution in [0.1, 0.15) is 90.4 Å². The normalized spacial score (nSPS) is 12.8. The second kappa shape index (κ2) is 24.8. The fraction of sp³-hybridized carbons (Fsp3) is 0.826. The molecule has 184 valence electrons. The van der Waals surface area contributed by atoms with E-state index in [4.69, 9.17) is 30.9 Å². The van der Waals surface area contributed by atoms with Crippen LogP contribution in [0.15, 0.2) is 12.2 Å². The van der Waals surface area contributed by atoms with Gasteiger partial charge in [0, 0.05) is 12.7 Å². The number of nitrogens with two attached hydrogens (primary N) is 1. The minimum absolute atomic E-state index is 0.120. The van der Waals surface area contributed by atoms with E-state index in [2.05, 4.69) is 6.92 Å². The summed E-state index contributed by atoms with van der Waals surface area (Å²) in [6, 6.07) is -0.917. The molecule has 2 unspecified atom stereocenters. The lowest BCUT2D eigenvalue weighted by molar-refractivity contribution is -0.141. The number of aliphatic carboxylic acids is 1. The summed E-state index contributed by atoms with van der Waals surface area (Å²) in [4.78, 5) is 21.1. The first-order valence-corrected chi connectivity index (χ1v) is 11.6. The molecule has 0 saturated heterocycles. The standard InChI is InChI=1S/C19H36O4.C4H9NO3/c1-2-3-4-5-6-7-8-9-10-11-12-13-14-15-19(22)23-17-18(21)16-20;5-3(1-2-6)4(7)8/h14-15,18,20-21H,2-13,16-17H2,1H3;3,6H,1-2,5H2,(H,7,8)/b15-14+;. The highest BCUT2D eigenvalue weighted by atomic mass is 16.5. The summed E-state index contributed by atoms with van der Waals surface area (Å²) in [6.45, 7) is 1.53. The first-order chi connectivity index (χ1) is 14.9. The number of allylic oxidation sites excluding steroid dienone is 1. The number of rotatable bonds is 19. The number of carboxylic acids is 1. The number of ether oxygens (including phenoxy) is 1. The Bertz CT molecular complexity index is 444. The second-order valence-corrected chi connectivity index (χ2v) is 7.65. The molecule has 0 aromatic rings. The largest absolute Gasteiger partial charge is 0.480 e. The van der Waals surface area contributed by atoms with Crippen molar-refractivity contribution in [2.24, 2.45) is 5.73 Å². The Kier molecular flexibility index (Phi) is 25.3. The monoisotopic (exact) mass is 447 g/mol. The van der Waals surface area contributed by atoms with E-state index in [1.165, 1.54) is 70.3 Å². The lowest BCUT2D eigenvalue weighted by Gasteiger charge is -2.06. The van der Waals surface area contributed by atoms with Crippen LogP contribution in [-0.4, -0.2) is 64.3 Å². The molecular formula is C23H45NO7. The van der Waals surface area contributed by atoms with Crippen molar-refractivity contribution in [3.05, 3.63) is 12.2 Å². The molecule has 0 bridgehead atoms. The third kappa shape index (κ3) is 26.5. The SMILES string of the molecule is CCCCCCCCCCCCC/C=C/C(=O)OCC(O)CO.NC(CCO)C(=O)O. The zero-order valence-electron chi connectivity index (χ0n) is 19.2. The second-order valence-electron chi connectivity index (χ2n) is 7.65. The van der Waals surface area contributed by atoms with Gasteiger partial charge in [0.05, 0.1) is 6.61 Å². The first kappa shape index (κ1) is 31.7. The Hall–Kier alpha value is -1.48. The molecule has 6 N–H and O–H groups in total. The van der Waals surface area contributed by atoms with Crippen molar-refractivity contribution in [3.63, 3.8) is 0 Å². The van der Waals surface area contributed by atoms with E-state index < -0.39 is 30.7 Å². The maximum atomic E-state index is 11.3. The minimum atomic E-state index is -1.07. The smallest absolute Gasteiger partial charge is 0.330 e. The maximum absolute atomic E-state index is 11.3. The molecule has 8 heteroatoms. The van der Waals surface area contributed by atoms with Gasteiger partial charge in [0.1, 0.15) is 18.8 Å². The summed E-state index contributed by atoms with van der Waals surface area (Å²) >= 11 is 0. The van der Waals surface area contributed by atoms with Gasteiger partial charge in [-0.1, -0.05) is 77.2 Å². The molecule has 0 spiro atoms. The molecule has 0 aliphatic rings. The van der Waals surface area contributed by atoms with Gasteiger partial charge in [-0.3, -0.25) is 4.79 Å². The van der Waals surface area contributed by atoms with Gasteiger partial charge in [-0.25, -0.2) is 4.79 Å². The van der Waals surface area contributed by atoms with Crippen molar-refractivity contribution in [3.8, 4) is 0 Å². The van der Waals surface area contributed by atoms with Gasteiger partial charge in [-0.15, -0.1) is 0 Å². The molecule has 2 atom stereocenters. The number of carboxylic acid groups (broad SMARTS) is 1. The predicted octanol–water partition coefficient (Wildman–Crippen LogP) is 2.92. The van der Waals surface area contributed by atoms with E-state index >= 15 is 0 Å². The number of esters is 1. The minimum Gasteiger partial charge on any atom is -0.480 e. The molecule has 0 aliphatic carbocycles. The Labute approximate surface area is 187 Å². The summed E-state index contributed by atoms with van der Waals surface area (Å²) in [5, 5.41) is 33.8. The molecule has 0 fully saturated rings. The van der Waals surface area contributed by atoms with Crippen molar-refractivity contribution in [1.29, 1.82) is 0 Å². The molecule has 31 heavy (non-hydrogen) atoms. The maximum Gasteiger partial charge on any atom is 0.330 e. The first-order valence-electron chi connectivity index (χ1n) is 11.6. The fourth-order valence-electron chi connectivity index (χ4n) is 2.65. The molecule has 0 aromatic heterocycles. The van der Waals surface area contributed by atoms with E-state index in [0.29, 0.717) is 0 Å². The van der Waals surface area contributed by atoms with E-state index in [-0.39, 0.29) is 19.6 Å². The van der Waals surface area contributed by atoms with Crippen molar-refractivity contribution < 1.29 is 34.8 Å². The van der Waals surface area contributed by atoms with Gasteiger partial charge < -0.3 is 30.9 Å². The highest BCUT2D eigenvalue weighted by molar-refractivity contribution is 5.81. The Morgan fingerprint density at radius 1 is 0.935 bits per heavy atom. The topological polar surface area (TPSA) is 150 Å². The van der Waals surface area contributed by atoms with Gasteiger partial charge >= 0.3 is 11.9 Å². The number of aliphatic hydroxyl groups excluding tert-OH is 3. The Balaban J connectivity index is 0. The van der Waals surface area contributed by atoms with Crippen LogP contribution in [0.4, 0.5) is 0 Å². The number of unbranched alkanes of at least 4 members (excludes halogenated alkanes) is 11. The third-order valence-electron chi connectivity index (χ3n) is 4.61. The number of aliphatic hydroxyl groups is 3. The zero-order valence-corrected chi connectivity index (χ0v) is 19.2. The molecule has 0 radical (unpaired) electrons. The third-order valence-corrected chi connectivity index (χ3v) is 4.61. The van der Waals surface area contributed by atoms with Crippen LogP contribution in [0.25, 0.3) is 0 Å². The molecule has 0 rings (SSSR count). The van der Waals surface area contributed by atoms with Crippen molar-refractivity contribution in [2.75, 3.05) is 19.8 Å². The molecule has 0 aliphatic heterocycles. The van der Waals surface area contributed by atoms with Crippen LogP contribution in [0.2, 0.25) is 0 Å². The van der Waals surface area contributed by atoms with Crippen LogP contribution in [0.5, 0.6) is 0 Å². The van der Waals surface area contributed by atoms with Crippen molar-refractivity contribution >= 4 is 11.9 Å². The molecule has 0 heterocycles. The van der Waals surface area contributed by atoms with E-state index in [1.54, 1.807) is 0 Å². The van der Waals surface area contributed by atoms with Gasteiger partial charge in [-0.05, 0) is 19.3 Å². The van der Waals surface area contributed by atoms with E-state index in [9.17, 15) is 9.59 Å². The van der Waals surface area contributed by atoms with Crippen LogP contribution >= 0.6 is 0 Å². The van der Waals surface area contributed by atoms with Crippen LogP contribution in [-0.2, 0) is 14.3 Å². The zero-order chi connectivity index (χ0) is 23.7. The average Bonchev–Trinajstić information content (AvgIpc) is 2.75. The van der Waals surface area contributed by atoms with Crippen molar-refractivity contribution in [2.45, 2.75) is 103 Å². The van der Waals surface area contributed by atoms with Crippen LogP contribution < -0.4 is 5.73 Å². The molecule has 0 amide bonds. The Morgan fingerprint density at radius 2 is 1.45 bits per heavy atom. The van der Waals surface area contributed by atoms with Crippen molar-refractivity contribution in [1.82, 2.24) is 0 Å². The van der Waals surface area contributed by atoms with Gasteiger partial charge in [0.25, 0.3) is 0 Å². The van der Waals surface area contributed by atoms with E-state index in [0.717, 1.165) is 12.8 Å². The molecule has 0 saturated carbocycles. The highest BCUT2D eigenvalue weighted by Gasteiger charge is 2.08. The molecular weight excluding hydrogens is 402 g/mol. The van der Waals surface area contributed by atoms with Gasteiger partial charge in [0.15, 0.2) is 0 Å². The highest BCUT2D eigenvalue weighted by Crippen LogP contribution is 2.12. The number of carbonyl (C=O) groups is 2. The average molecular weight is 448 g/mol. The van der Waals surface area contributed by atoms with Gasteiger partial charge in [-0.2, -0.15) is 0 Å². The number of hydrogen-bond donors (Lipinski definition) is 5. The summed E-state index contributed by atoms with van der Waals surface area (Å²) in [7, 11) is 0. The fourth-order valence-corrected chi connectivity index (χ4v) is 2.65. The quantitative estimate of drug-likeness (QED) is 0.115. The molecule has 0 aromatic carbocycles. The predicted molar refractivity (Wildman–Crippen MR) is 122 cm³/mol. The summed E-state index contributed by atoms with van der Waals surface area (Å²) in [5.41, 5.74) is 4.97. The lowest BCUT2D eigenvalue weighted by Crippen LogP contribution is -2.30. The summed E-state index contributed by atoms with van der Waals surface area (Å²) < 4.78 is 4.77. The summed E-state index contributed by atoms with van der Waals surface area (Å²) in [6.07, 6.45) is 17.7. The number of hydrogen-bond acceptors (Lipinski definition) is 7. The van der Waals surface area contributed by atoms with Crippen LogP contribution in [0.3, 0.4) is 0 Å².